The van der Waals surface area contributed by atoms with Gasteiger partial charge in [-0.15, -0.1) is 0 Å². The van der Waals surface area contributed by atoms with Crippen LogP contribution in [0.2, 0.25) is 0 Å². The third kappa shape index (κ3) is 4.39. The average Bonchev–Trinajstić information content (AvgIpc) is 2.17. The van der Waals surface area contributed by atoms with Crippen molar-refractivity contribution in [3.05, 3.63) is 0 Å². The lowest BCUT2D eigenvalue weighted by Gasteiger charge is -2.30. The molecular formula is C11H23NO3S. The number of hydrogen-bond acceptors (Lipinski definition) is 4. The summed E-state index contributed by atoms with van der Waals surface area (Å²) in [7, 11) is -2.90. The molecular weight excluding hydrogens is 226 g/mol. The Morgan fingerprint density at radius 1 is 1.44 bits per heavy atom. The molecule has 16 heavy (non-hydrogen) atoms. The van der Waals surface area contributed by atoms with Crippen molar-refractivity contribution in [1.82, 2.24) is 5.32 Å². The largest absolute Gasteiger partial charge is 0.396 e. The first-order valence-corrected chi connectivity index (χ1v) is 7.94. The molecule has 0 aromatic heterocycles. The van der Waals surface area contributed by atoms with Crippen molar-refractivity contribution in [2.45, 2.75) is 56.4 Å². The normalized spacial score (nSPS) is 28.9. The number of aliphatic hydroxyl groups is 1. The number of sulfone groups is 1. The van der Waals surface area contributed by atoms with Crippen molar-refractivity contribution in [2.24, 2.45) is 0 Å². The van der Waals surface area contributed by atoms with E-state index in [-0.39, 0.29) is 23.9 Å². The lowest BCUT2D eigenvalue weighted by molar-refractivity contribution is 0.253. The van der Waals surface area contributed by atoms with Crippen LogP contribution in [-0.2, 0) is 9.84 Å². The summed E-state index contributed by atoms with van der Waals surface area (Å²) < 4.78 is 23.0. The second-order valence-corrected chi connectivity index (χ2v) is 7.22. The summed E-state index contributed by atoms with van der Waals surface area (Å²) in [6, 6.07) is 0.545. The zero-order chi connectivity index (χ0) is 12.2. The molecule has 0 heterocycles. The standard InChI is InChI=1S/C11H23NO3S/c1-9(6-7-13)12-10-4-3-5-11(8-10)16(2,14)15/h9-13H,3-8H2,1-2H3. The number of rotatable bonds is 5. The van der Waals surface area contributed by atoms with Gasteiger partial charge < -0.3 is 10.4 Å². The Bertz CT molecular complexity index is 302. The Balaban J connectivity index is 2.45. The first kappa shape index (κ1) is 13.9. The van der Waals surface area contributed by atoms with Gasteiger partial charge in [-0.1, -0.05) is 6.42 Å². The highest BCUT2D eigenvalue weighted by molar-refractivity contribution is 7.91. The van der Waals surface area contributed by atoms with E-state index in [4.69, 9.17) is 5.11 Å². The van der Waals surface area contributed by atoms with E-state index in [9.17, 15) is 8.42 Å². The van der Waals surface area contributed by atoms with Gasteiger partial charge in [0.1, 0.15) is 9.84 Å². The highest BCUT2D eigenvalue weighted by Gasteiger charge is 2.29. The highest BCUT2D eigenvalue weighted by atomic mass is 32.2. The molecule has 0 spiro atoms. The van der Waals surface area contributed by atoms with Crippen molar-refractivity contribution in [1.29, 1.82) is 0 Å². The van der Waals surface area contributed by atoms with E-state index in [2.05, 4.69) is 5.32 Å². The minimum Gasteiger partial charge on any atom is -0.396 e. The van der Waals surface area contributed by atoms with Crippen LogP contribution in [0.15, 0.2) is 0 Å². The molecule has 0 aromatic rings. The van der Waals surface area contributed by atoms with E-state index in [0.717, 1.165) is 25.7 Å². The molecule has 0 bridgehead atoms. The lowest BCUT2D eigenvalue weighted by atomic mass is 9.94. The van der Waals surface area contributed by atoms with Gasteiger partial charge in [0.25, 0.3) is 0 Å². The van der Waals surface area contributed by atoms with Crippen molar-refractivity contribution < 1.29 is 13.5 Å². The molecule has 1 fully saturated rings. The summed E-state index contributed by atoms with van der Waals surface area (Å²) in [5, 5.41) is 12.0. The Kier molecular flexibility index (Phi) is 5.21. The quantitative estimate of drug-likeness (QED) is 0.753. The first-order valence-electron chi connectivity index (χ1n) is 5.99. The van der Waals surface area contributed by atoms with Crippen LogP contribution in [0.4, 0.5) is 0 Å². The molecule has 1 saturated carbocycles. The molecule has 0 amide bonds. The van der Waals surface area contributed by atoms with E-state index in [1.54, 1.807) is 0 Å². The van der Waals surface area contributed by atoms with Gasteiger partial charge >= 0.3 is 0 Å². The molecule has 0 aromatic carbocycles. The molecule has 1 rings (SSSR count). The molecule has 3 unspecified atom stereocenters. The maximum absolute atomic E-state index is 11.5. The zero-order valence-electron chi connectivity index (χ0n) is 10.1. The molecule has 1 aliphatic carbocycles. The fraction of sp³-hybridized carbons (Fsp3) is 1.00. The van der Waals surface area contributed by atoms with E-state index in [1.165, 1.54) is 6.26 Å². The molecule has 4 nitrogen and oxygen atoms in total. The predicted molar refractivity (Wildman–Crippen MR) is 65.2 cm³/mol. The SMILES string of the molecule is CC(CCO)NC1CCCC(S(C)(=O)=O)C1. The van der Waals surface area contributed by atoms with Gasteiger partial charge in [0, 0.05) is 24.9 Å². The second-order valence-electron chi connectivity index (χ2n) is 4.90. The summed E-state index contributed by atoms with van der Waals surface area (Å²) in [5.41, 5.74) is 0. The van der Waals surface area contributed by atoms with Crippen LogP contribution in [-0.4, -0.2) is 43.7 Å². The van der Waals surface area contributed by atoms with Crippen LogP contribution in [0.3, 0.4) is 0 Å². The third-order valence-electron chi connectivity index (χ3n) is 3.31. The number of aliphatic hydroxyl groups excluding tert-OH is 1. The first-order chi connectivity index (χ1) is 7.43. The molecule has 5 heteroatoms. The van der Waals surface area contributed by atoms with Gasteiger partial charge in [-0.25, -0.2) is 8.42 Å². The van der Waals surface area contributed by atoms with Gasteiger partial charge in [-0.2, -0.15) is 0 Å². The molecule has 96 valence electrons. The minimum absolute atomic E-state index is 0.177. The van der Waals surface area contributed by atoms with Crippen LogP contribution in [0.25, 0.3) is 0 Å². The van der Waals surface area contributed by atoms with Crippen LogP contribution < -0.4 is 5.32 Å². The molecule has 0 aliphatic heterocycles. The Hall–Kier alpha value is -0.130. The van der Waals surface area contributed by atoms with Gasteiger partial charge in [0.15, 0.2) is 0 Å². The van der Waals surface area contributed by atoms with Crippen molar-refractivity contribution in [3.8, 4) is 0 Å². The Morgan fingerprint density at radius 3 is 2.69 bits per heavy atom. The molecule has 3 atom stereocenters. The van der Waals surface area contributed by atoms with Crippen molar-refractivity contribution in [2.75, 3.05) is 12.9 Å². The average molecular weight is 249 g/mol. The van der Waals surface area contributed by atoms with E-state index in [1.807, 2.05) is 6.92 Å². The lowest BCUT2D eigenvalue weighted by Crippen LogP contribution is -2.43. The number of hydrogen-bond donors (Lipinski definition) is 2. The monoisotopic (exact) mass is 249 g/mol. The van der Waals surface area contributed by atoms with Gasteiger partial charge in [0.2, 0.25) is 0 Å². The summed E-state index contributed by atoms with van der Waals surface area (Å²) in [4.78, 5) is 0. The van der Waals surface area contributed by atoms with Crippen LogP contribution in [0, 0.1) is 0 Å². The van der Waals surface area contributed by atoms with Gasteiger partial charge in [-0.3, -0.25) is 0 Å². The maximum Gasteiger partial charge on any atom is 0.150 e. The summed E-state index contributed by atoms with van der Waals surface area (Å²) in [6.45, 7) is 2.21. The summed E-state index contributed by atoms with van der Waals surface area (Å²) >= 11 is 0. The van der Waals surface area contributed by atoms with E-state index in [0.29, 0.717) is 6.42 Å². The van der Waals surface area contributed by atoms with Gasteiger partial charge in [0.05, 0.1) is 5.25 Å². The second kappa shape index (κ2) is 5.98. The predicted octanol–water partition coefficient (Wildman–Crippen LogP) is 0.703. The van der Waals surface area contributed by atoms with E-state index < -0.39 is 9.84 Å². The van der Waals surface area contributed by atoms with Crippen LogP contribution in [0.5, 0.6) is 0 Å². The Morgan fingerprint density at radius 2 is 2.12 bits per heavy atom. The minimum atomic E-state index is -2.90. The summed E-state index contributed by atoms with van der Waals surface area (Å²) in [6.07, 6.45) is 5.58. The smallest absolute Gasteiger partial charge is 0.150 e. The third-order valence-corrected chi connectivity index (χ3v) is 4.95. The van der Waals surface area contributed by atoms with Crippen LogP contribution in [0.1, 0.15) is 39.0 Å². The molecule has 1 aliphatic rings. The molecule has 2 N–H and O–H groups in total. The number of nitrogens with one attached hydrogen (secondary N) is 1. The Labute approximate surface area is 98.4 Å². The van der Waals surface area contributed by atoms with Gasteiger partial charge in [-0.05, 0) is 32.6 Å². The van der Waals surface area contributed by atoms with Crippen molar-refractivity contribution in [3.63, 3.8) is 0 Å². The maximum atomic E-state index is 11.5. The zero-order valence-corrected chi connectivity index (χ0v) is 11.0. The summed E-state index contributed by atoms with van der Waals surface area (Å²) in [5.74, 6) is 0. The molecule has 0 radical (unpaired) electrons. The van der Waals surface area contributed by atoms with Crippen molar-refractivity contribution >= 4 is 9.84 Å². The highest BCUT2D eigenvalue weighted by Crippen LogP contribution is 2.24. The van der Waals surface area contributed by atoms with Crippen LogP contribution >= 0.6 is 0 Å². The van der Waals surface area contributed by atoms with E-state index >= 15 is 0 Å². The fourth-order valence-electron chi connectivity index (χ4n) is 2.36. The fourth-order valence-corrected chi connectivity index (χ4v) is 3.54. The molecule has 0 saturated heterocycles. The topological polar surface area (TPSA) is 66.4 Å².